The molecule has 0 aliphatic carbocycles. The highest BCUT2D eigenvalue weighted by Crippen LogP contribution is 2.26. The van der Waals surface area contributed by atoms with Crippen LogP contribution in [-0.2, 0) is 14.3 Å². The van der Waals surface area contributed by atoms with Gasteiger partial charge in [0.05, 0.1) is 0 Å². The smallest absolute Gasteiger partial charge is 0.408 e. The standard InChI is InChI=1S/C22H27NO5/c1-22(2,3)28-21(26)23-18(14-15-24)20(25)27-19(16-10-6-4-7-11-16)17-12-8-5-9-13-17/h4-13,18-19,24H,14-15H2,1-3H3,(H,23,26). The molecule has 2 N–H and O–H groups in total. The Morgan fingerprint density at radius 2 is 1.46 bits per heavy atom. The number of hydrogen-bond donors (Lipinski definition) is 2. The molecule has 1 amide bonds. The van der Waals surface area contributed by atoms with Gasteiger partial charge in [-0.05, 0) is 31.9 Å². The number of aliphatic hydroxyl groups is 1. The van der Waals surface area contributed by atoms with Crippen LogP contribution in [0.4, 0.5) is 4.79 Å². The Kier molecular flexibility index (Phi) is 7.58. The van der Waals surface area contributed by atoms with Crippen molar-refractivity contribution in [3.05, 3.63) is 71.8 Å². The van der Waals surface area contributed by atoms with Crippen LogP contribution < -0.4 is 5.32 Å². The van der Waals surface area contributed by atoms with E-state index in [-0.39, 0.29) is 13.0 Å². The molecular formula is C22H27NO5. The largest absolute Gasteiger partial charge is 0.451 e. The van der Waals surface area contributed by atoms with Crippen LogP contribution in [0.5, 0.6) is 0 Å². The maximum atomic E-state index is 12.8. The number of rotatable bonds is 7. The van der Waals surface area contributed by atoms with Crippen LogP contribution in [0.3, 0.4) is 0 Å². The molecular weight excluding hydrogens is 358 g/mol. The van der Waals surface area contributed by atoms with E-state index in [0.717, 1.165) is 11.1 Å². The Hall–Kier alpha value is -2.86. The molecule has 2 aromatic rings. The van der Waals surface area contributed by atoms with Crippen molar-refractivity contribution < 1.29 is 24.2 Å². The number of alkyl carbamates (subject to hydrolysis) is 1. The van der Waals surface area contributed by atoms with Crippen molar-refractivity contribution in [2.75, 3.05) is 6.61 Å². The van der Waals surface area contributed by atoms with Crippen molar-refractivity contribution in [2.24, 2.45) is 0 Å². The fourth-order valence-electron chi connectivity index (χ4n) is 2.61. The predicted molar refractivity (Wildman–Crippen MR) is 106 cm³/mol. The summed E-state index contributed by atoms with van der Waals surface area (Å²) in [6, 6.07) is 17.7. The molecule has 0 radical (unpaired) electrons. The third kappa shape index (κ3) is 6.70. The zero-order chi connectivity index (χ0) is 20.6. The zero-order valence-corrected chi connectivity index (χ0v) is 16.4. The van der Waals surface area contributed by atoms with Gasteiger partial charge in [-0.2, -0.15) is 0 Å². The first-order chi connectivity index (χ1) is 13.3. The van der Waals surface area contributed by atoms with Gasteiger partial charge in [0.1, 0.15) is 11.6 Å². The molecule has 2 rings (SSSR count). The second-order valence-corrected chi connectivity index (χ2v) is 7.35. The molecule has 1 atom stereocenters. The van der Waals surface area contributed by atoms with E-state index < -0.39 is 29.8 Å². The van der Waals surface area contributed by atoms with E-state index in [1.54, 1.807) is 20.8 Å². The lowest BCUT2D eigenvalue weighted by atomic mass is 10.0. The molecule has 2 aromatic carbocycles. The van der Waals surface area contributed by atoms with Crippen LogP contribution >= 0.6 is 0 Å². The van der Waals surface area contributed by atoms with E-state index in [4.69, 9.17) is 9.47 Å². The second kappa shape index (κ2) is 9.90. The molecule has 6 heteroatoms. The third-order valence-corrected chi connectivity index (χ3v) is 3.83. The lowest BCUT2D eigenvalue weighted by Crippen LogP contribution is -2.45. The topological polar surface area (TPSA) is 84.9 Å². The molecule has 0 aromatic heterocycles. The quantitative estimate of drug-likeness (QED) is 0.712. The predicted octanol–water partition coefficient (Wildman–Crippen LogP) is 3.59. The summed E-state index contributed by atoms with van der Waals surface area (Å²) in [4.78, 5) is 24.8. The average molecular weight is 385 g/mol. The summed E-state index contributed by atoms with van der Waals surface area (Å²) < 4.78 is 10.9. The molecule has 0 aliphatic heterocycles. The second-order valence-electron chi connectivity index (χ2n) is 7.35. The van der Waals surface area contributed by atoms with Crippen molar-refractivity contribution in [1.82, 2.24) is 5.32 Å². The first-order valence-corrected chi connectivity index (χ1v) is 9.21. The Labute approximate surface area is 165 Å². The van der Waals surface area contributed by atoms with Crippen LogP contribution in [0.15, 0.2) is 60.7 Å². The molecule has 0 saturated carbocycles. The Bertz CT molecular complexity index is 716. The van der Waals surface area contributed by atoms with Gasteiger partial charge < -0.3 is 19.9 Å². The highest BCUT2D eigenvalue weighted by Gasteiger charge is 2.28. The van der Waals surface area contributed by atoms with Gasteiger partial charge in [-0.1, -0.05) is 60.7 Å². The summed E-state index contributed by atoms with van der Waals surface area (Å²) in [6.45, 7) is 4.91. The van der Waals surface area contributed by atoms with E-state index in [1.165, 1.54) is 0 Å². The zero-order valence-electron chi connectivity index (χ0n) is 16.4. The van der Waals surface area contributed by atoms with Gasteiger partial charge >= 0.3 is 12.1 Å². The van der Waals surface area contributed by atoms with E-state index in [9.17, 15) is 14.7 Å². The Morgan fingerprint density at radius 1 is 0.964 bits per heavy atom. The van der Waals surface area contributed by atoms with E-state index in [0.29, 0.717) is 0 Å². The first kappa shape index (κ1) is 21.4. The van der Waals surface area contributed by atoms with Gasteiger partial charge in [0.2, 0.25) is 0 Å². The van der Waals surface area contributed by atoms with Gasteiger partial charge in [0.25, 0.3) is 0 Å². The minimum atomic E-state index is -1.02. The summed E-state index contributed by atoms with van der Waals surface area (Å²) in [5.41, 5.74) is 0.915. The molecule has 0 bridgehead atoms. The summed E-state index contributed by atoms with van der Waals surface area (Å²) in [6.07, 6.45) is -1.34. The maximum Gasteiger partial charge on any atom is 0.408 e. The number of amides is 1. The van der Waals surface area contributed by atoms with Gasteiger partial charge in [-0.15, -0.1) is 0 Å². The molecule has 6 nitrogen and oxygen atoms in total. The van der Waals surface area contributed by atoms with Crippen molar-refractivity contribution in [3.8, 4) is 0 Å². The Morgan fingerprint density at radius 3 is 1.89 bits per heavy atom. The third-order valence-electron chi connectivity index (χ3n) is 3.83. The number of aliphatic hydroxyl groups excluding tert-OH is 1. The maximum absolute atomic E-state index is 12.8. The molecule has 0 fully saturated rings. The number of nitrogens with one attached hydrogen (secondary N) is 1. The summed E-state index contributed by atoms with van der Waals surface area (Å²) >= 11 is 0. The summed E-state index contributed by atoms with van der Waals surface area (Å²) in [5.74, 6) is -0.641. The Balaban J connectivity index is 2.19. The van der Waals surface area contributed by atoms with Crippen LogP contribution in [-0.4, -0.2) is 35.4 Å². The molecule has 0 spiro atoms. The molecule has 0 saturated heterocycles. The fourth-order valence-corrected chi connectivity index (χ4v) is 2.61. The van der Waals surface area contributed by atoms with Crippen LogP contribution in [0.1, 0.15) is 44.4 Å². The minimum absolute atomic E-state index is 0.0222. The first-order valence-electron chi connectivity index (χ1n) is 9.21. The van der Waals surface area contributed by atoms with Gasteiger partial charge in [0.15, 0.2) is 6.10 Å². The van der Waals surface area contributed by atoms with Crippen LogP contribution in [0, 0.1) is 0 Å². The van der Waals surface area contributed by atoms with Crippen molar-refractivity contribution in [3.63, 3.8) is 0 Å². The SMILES string of the molecule is CC(C)(C)OC(=O)NC(CCO)C(=O)OC(c1ccccc1)c1ccccc1. The van der Waals surface area contributed by atoms with Gasteiger partial charge in [-0.25, -0.2) is 9.59 Å². The number of esters is 1. The lowest BCUT2D eigenvalue weighted by molar-refractivity contribution is -0.150. The molecule has 150 valence electrons. The minimum Gasteiger partial charge on any atom is -0.451 e. The number of benzene rings is 2. The highest BCUT2D eigenvalue weighted by molar-refractivity contribution is 5.81. The van der Waals surface area contributed by atoms with E-state index in [2.05, 4.69) is 5.32 Å². The normalized spacial score (nSPS) is 12.3. The average Bonchev–Trinajstić information content (AvgIpc) is 2.65. The van der Waals surface area contributed by atoms with Crippen LogP contribution in [0.25, 0.3) is 0 Å². The van der Waals surface area contributed by atoms with Gasteiger partial charge in [0, 0.05) is 13.0 Å². The van der Waals surface area contributed by atoms with Crippen molar-refractivity contribution in [2.45, 2.75) is 44.9 Å². The summed E-state index contributed by atoms with van der Waals surface area (Å²) in [5, 5.41) is 11.8. The fraction of sp³-hybridized carbons (Fsp3) is 0.364. The van der Waals surface area contributed by atoms with E-state index in [1.807, 2.05) is 60.7 Å². The monoisotopic (exact) mass is 385 g/mol. The molecule has 0 heterocycles. The van der Waals surface area contributed by atoms with Crippen molar-refractivity contribution in [1.29, 1.82) is 0 Å². The van der Waals surface area contributed by atoms with E-state index >= 15 is 0 Å². The van der Waals surface area contributed by atoms with Crippen molar-refractivity contribution >= 4 is 12.1 Å². The highest BCUT2D eigenvalue weighted by atomic mass is 16.6. The molecule has 1 unspecified atom stereocenters. The lowest BCUT2D eigenvalue weighted by Gasteiger charge is -2.25. The number of carbonyl (C=O) groups excluding carboxylic acids is 2. The number of carbonyl (C=O) groups is 2. The number of ether oxygens (including phenoxy) is 2. The van der Waals surface area contributed by atoms with Gasteiger partial charge in [-0.3, -0.25) is 0 Å². The molecule has 28 heavy (non-hydrogen) atoms. The van der Waals surface area contributed by atoms with Crippen LogP contribution in [0.2, 0.25) is 0 Å². The summed E-state index contributed by atoms with van der Waals surface area (Å²) in [7, 11) is 0. The number of hydrogen-bond acceptors (Lipinski definition) is 5. The molecule has 0 aliphatic rings.